The van der Waals surface area contributed by atoms with Crippen LogP contribution < -0.4 is 15.0 Å². The molecule has 1 N–H and O–H groups in total. The van der Waals surface area contributed by atoms with Crippen molar-refractivity contribution in [2.75, 3.05) is 18.0 Å². The van der Waals surface area contributed by atoms with Gasteiger partial charge in [-0.2, -0.15) is 0 Å². The topological polar surface area (TPSA) is 41.6 Å². The molecule has 28 heavy (non-hydrogen) atoms. The molecule has 3 rings (SSSR count). The number of rotatable bonds is 6. The minimum Gasteiger partial charge on any atom is -0.481 e. The highest BCUT2D eigenvalue weighted by Gasteiger charge is 2.19. The molecule has 2 aromatic carbocycles. The third-order valence-corrected chi connectivity index (χ3v) is 5.40. The average molecular weight is 384 g/mol. The molecule has 0 aromatic heterocycles. The van der Waals surface area contributed by atoms with E-state index >= 15 is 0 Å². The maximum atomic E-state index is 13.0. The normalized spacial score (nSPS) is 17.1. The first-order chi connectivity index (χ1) is 13.4. The standard InChI is InChI=1S/C23H29FN2O2/c1-16-12-14-26(15-13-16)21-8-4-19(5-9-21)17(2)25-23(27)18(3)28-22-10-6-20(24)7-11-22/h4-11,16-18H,12-15H2,1-3H3,(H,25,27)/t17-,18-/m1/s1. The van der Waals surface area contributed by atoms with E-state index in [1.54, 1.807) is 6.92 Å². The molecule has 1 amide bonds. The van der Waals surface area contributed by atoms with E-state index in [-0.39, 0.29) is 17.8 Å². The van der Waals surface area contributed by atoms with Crippen molar-refractivity contribution in [3.8, 4) is 5.75 Å². The van der Waals surface area contributed by atoms with E-state index in [0.29, 0.717) is 5.75 Å². The Labute approximate surface area is 166 Å². The van der Waals surface area contributed by atoms with Gasteiger partial charge in [-0.15, -0.1) is 0 Å². The van der Waals surface area contributed by atoms with E-state index in [1.807, 2.05) is 6.92 Å². The molecule has 0 aliphatic carbocycles. The average Bonchev–Trinajstić information content (AvgIpc) is 2.70. The van der Waals surface area contributed by atoms with Crippen LogP contribution in [0.5, 0.6) is 5.75 Å². The van der Waals surface area contributed by atoms with Crippen LogP contribution in [0.15, 0.2) is 48.5 Å². The lowest BCUT2D eigenvalue weighted by Gasteiger charge is -2.32. The monoisotopic (exact) mass is 384 g/mol. The third kappa shape index (κ3) is 5.24. The molecule has 0 radical (unpaired) electrons. The number of piperidine rings is 1. The molecule has 5 heteroatoms. The van der Waals surface area contributed by atoms with Crippen molar-refractivity contribution in [2.24, 2.45) is 5.92 Å². The second-order valence-electron chi connectivity index (χ2n) is 7.71. The number of amides is 1. The summed E-state index contributed by atoms with van der Waals surface area (Å²) in [5.74, 6) is 0.744. The second-order valence-corrected chi connectivity index (χ2v) is 7.71. The fourth-order valence-electron chi connectivity index (χ4n) is 3.43. The van der Waals surface area contributed by atoms with Crippen molar-refractivity contribution < 1.29 is 13.9 Å². The summed E-state index contributed by atoms with van der Waals surface area (Å²) in [6.07, 6.45) is 1.81. The van der Waals surface area contributed by atoms with Crippen molar-refractivity contribution in [1.82, 2.24) is 5.32 Å². The van der Waals surface area contributed by atoms with Gasteiger partial charge in [-0.05, 0) is 74.6 Å². The fraction of sp³-hybridized carbons (Fsp3) is 0.435. The molecule has 1 aliphatic heterocycles. The Morgan fingerprint density at radius 2 is 1.68 bits per heavy atom. The van der Waals surface area contributed by atoms with Crippen LogP contribution in [-0.4, -0.2) is 25.1 Å². The van der Waals surface area contributed by atoms with Crippen LogP contribution in [0, 0.1) is 11.7 Å². The number of nitrogens with one attached hydrogen (secondary N) is 1. The summed E-state index contributed by atoms with van der Waals surface area (Å²) in [6, 6.07) is 13.9. The van der Waals surface area contributed by atoms with E-state index in [4.69, 9.17) is 4.74 Å². The van der Waals surface area contributed by atoms with Crippen molar-refractivity contribution >= 4 is 11.6 Å². The first-order valence-corrected chi connectivity index (χ1v) is 10.00. The van der Waals surface area contributed by atoms with Gasteiger partial charge in [-0.1, -0.05) is 19.1 Å². The van der Waals surface area contributed by atoms with Gasteiger partial charge in [0, 0.05) is 18.8 Å². The molecule has 1 aliphatic rings. The van der Waals surface area contributed by atoms with Crippen LogP contribution in [0.25, 0.3) is 0 Å². The van der Waals surface area contributed by atoms with Crippen molar-refractivity contribution in [3.05, 3.63) is 59.9 Å². The zero-order valence-corrected chi connectivity index (χ0v) is 16.8. The van der Waals surface area contributed by atoms with Gasteiger partial charge < -0.3 is 15.0 Å². The zero-order chi connectivity index (χ0) is 20.1. The number of halogens is 1. The molecule has 0 unspecified atom stereocenters. The fourth-order valence-corrected chi connectivity index (χ4v) is 3.43. The summed E-state index contributed by atoms with van der Waals surface area (Å²) in [7, 11) is 0. The van der Waals surface area contributed by atoms with Gasteiger partial charge in [0.1, 0.15) is 11.6 Å². The van der Waals surface area contributed by atoms with E-state index in [9.17, 15) is 9.18 Å². The number of hydrogen-bond donors (Lipinski definition) is 1. The first kappa shape index (κ1) is 20.2. The Morgan fingerprint density at radius 1 is 1.07 bits per heavy atom. The van der Waals surface area contributed by atoms with E-state index < -0.39 is 6.10 Å². The molecule has 1 fully saturated rings. The van der Waals surface area contributed by atoms with E-state index in [1.165, 1.54) is 42.8 Å². The number of carbonyl (C=O) groups is 1. The summed E-state index contributed by atoms with van der Waals surface area (Å²) in [6.45, 7) is 8.16. The summed E-state index contributed by atoms with van der Waals surface area (Å²) >= 11 is 0. The highest BCUT2D eigenvalue weighted by Crippen LogP contribution is 2.24. The van der Waals surface area contributed by atoms with Crippen molar-refractivity contribution in [2.45, 2.75) is 45.8 Å². The maximum Gasteiger partial charge on any atom is 0.261 e. The predicted molar refractivity (Wildman–Crippen MR) is 110 cm³/mol. The van der Waals surface area contributed by atoms with Crippen molar-refractivity contribution in [1.29, 1.82) is 0 Å². The lowest BCUT2D eigenvalue weighted by atomic mass is 9.98. The molecule has 0 bridgehead atoms. The number of anilines is 1. The van der Waals surface area contributed by atoms with Gasteiger partial charge in [0.05, 0.1) is 6.04 Å². The van der Waals surface area contributed by atoms with E-state index in [2.05, 4.69) is 41.4 Å². The van der Waals surface area contributed by atoms with Crippen molar-refractivity contribution in [3.63, 3.8) is 0 Å². The smallest absolute Gasteiger partial charge is 0.261 e. The Hall–Kier alpha value is -2.56. The predicted octanol–water partition coefficient (Wildman–Crippen LogP) is 4.71. The first-order valence-electron chi connectivity index (χ1n) is 10.00. The van der Waals surface area contributed by atoms with Gasteiger partial charge in [-0.3, -0.25) is 4.79 Å². The summed E-state index contributed by atoms with van der Waals surface area (Å²) in [5.41, 5.74) is 2.29. The van der Waals surface area contributed by atoms with E-state index in [0.717, 1.165) is 24.6 Å². The van der Waals surface area contributed by atoms with Crippen LogP contribution in [0.3, 0.4) is 0 Å². The quantitative estimate of drug-likeness (QED) is 0.784. The van der Waals surface area contributed by atoms with Crippen LogP contribution >= 0.6 is 0 Å². The molecule has 0 spiro atoms. The molecular weight excluding hydrogens is 355 g/mol. The van der Waals surface area contributed by atoms with Gasteiger partial charge >= 0.3 is 0 Å². The van der Waals surface area contributed by atoms with Gasteiger partial charge in [0.15, 0.2) is 6.10 Å². The lowest BCUT2D eigenvalue weighted by Crippen LogP contribution is -2.37. The number of ether oxygens (including phenoxy) is 1. The molecule has 0 saturated carbocycles. The minimum atomic E-state index is -0.664. The van der Waals surface area contributed by atoms with Gasteiger partial charge in [0.2, 0.25) is 0 Å². The van der Waals surface area contributed by atoms with Crippen LogP contribution in [0.2, 0.25) is 0 Å². The molecule has 4 nitrogen and oxygen atoms in total. The number of benzene rings is 2. The Morgan fingerprint density at radius 3 is 2.29 bits per heavy atom. The molecule has 150 valence electrons. The highest BCUT2D eigenvalue weighted by atomic mass is 19.1. The third-order valence-electron chi connectivity index (χ3n) is 5.40. The Bertz CT molecular complexity index is 768. The number of carbonyl (C=O) groups excluding carboxylic acids is 1. The van der Waals surface area contributed by atoms with Crippen LogP contribution in [0.1, 0.15) is 45.2 Å². The zero-order valence-electron chi connectivity index (χ0n) is 16.8. The molecule has 1 heterocycles. The van der Waals surface area contributed by atoms with Gasteiger partial charge in [0.25, 0.3) is 5.91 Å². The Balaban J connectivity index is 1.53. The molecule has 2 aromatic rings. The second kappa shape index (κ2) is 9.09. The lowest BCUT2D eigenvalue weighted by molar-refractivity contribution is -0.127. The summed E-state index contributed by atoms with van der Waals surface area (Å²) in [4.78, 5) is 14.8. The number of nitrogens with zero attached hydrogens (tertiary/aromatic N) is 1. The number of hydrogen-bond acceptors (Lipinski definition) is 3. The summed E-state index contributed by atoms with van der Waals surface area (Å²) in [5, 5.41) is 2.98. The molecule has 1 saturated heterocycles. The van der Waals surface area contributed by atoms with Gasteiger partial charge in [-0.25, -0.2) is 4.39 Å². The SMILES string of the molecule is CC1CCN(c2ccc([C@@H](C)NC(=O)[C@@H](C)Oc3ccc(F)cc3)cc2)CC1. The largest absolute Gasteiger partial charge is 0.481 e. The maximum absolute atomic E-state index is 13.0. The molecule has 2 atom stereocenters. The molecular formula is C23H29FN2O2. The minimum absolute atomic E-state index is 0.123. The van der Waals surface area contributed by atoms with Crippen LogP contribution in [0.4, 0.5) is 10.1 Å². The highest BCUT2D eigenvalue weighted by molar-refractivity contribution is 5.81. The van der Waals surface area contributed by atoms with Crippen LogP contribution in [-0.2, 0) is 4.79 Å². The summed E-state index contributed by atoms with van der Waals surface area (Å²) < 4.78 is 18.6. The Kier molecular flexibility index (Phi) is 6.55.